The average molecular weight is 465 g/mol. The molecule has 0 spiro atoms. The minimum Gasteiger partial charge on any atom is -0.324 e. The average Bonchev–Trinajstić information content (AvgIpc) is 2.11. The van der Waals surface area contributed by atoms with Gasteiger partial charge in [-0.05, 0) is 44.0 Å². The van der Waals surface area contributed by atoms with E-state index < -0.39 is 0 Å². The SMILES string of the molecule is O=C(CCBr)Nc1c(Br)cc(Br)cc1Br. The van der Waals surface area contributed by atoms with Gasteiger partial charge in [0.05, 0.1) is 5.69 Å². The van der Waals surface area contributed by atoms with E-state index >= 15 is 0 Å². The highest BCUT2D eigenvalue weighted by molar-refractivity contribution is 9.11. The molecule has 0 saturated heterocycles. The molecule has 0 atom stereocenters. The van der Waals surface area contributed by atoms with E-state index in [4.69, 9.17) is 0 Å². The monoisotopic (exact) mass is 461 g/mol. The second kappa shape index (κ2) is 6.37. The van der Waals surface area contributed by atoms with E-state index in [0.717, 1.165) is 19.1 Å². The molecule has 0 heterocycles. The summed E-state index contributed by atoms with van der Waals surface area (Å²) in [4.78, 5) is 11.4. The molecule has 1 aromatic rings. The van der Waals surface area contributed by atoms with Gasteiger partial charge in [0.15, 0.2) is 0 Å². The molecule has 6 heteroatoms. The van der Waals surface area contributed by atoms with Crippen molar-refractivity contribution in [3.8, 4) is 0 Å². The summed E-state index contributed by atoms with van der Waals surface area (Å²) < 4.78 is 2.62. The number of halogens is 4. The van der Waals surface area contributed by atoms with Crippen molar-refractivity contribution in [1.82, 2.24) is 0 Å². The van der Waals surface area contributed by atoms with Crippen LogP contribution < -0.4 is 5.32 Å². The van der Waals surface area contributed by atoms with Gasteiger partial charge >= 0.3 is 0 Å². The fourth-order valence-corrected chi connectivity index (χ4v) is 3.77. The van der Waals surface area contributed by atoms with E-state index in [1.54, 1.807) is 0 Å². The molecule has 15 heavy (non-hydrogen) atoms. The standard InChI is InChI=1S/C9H7Br4NO/c10-2-1-8(15)14-9-6(12)3-5(11)4-7(9)13/h3-4H,1-2H2,(H,14,15). The van der Waals surface area contributed by atoms with Crippen molar-refractivity contribution in [3.05, 3.63) is 25.6 Å². The van der Waals surface area contributed by atoms with Gasteiger partial charge in [-0.1, -0.05) is 31.9 Å². The third-order valence-corrected chi connectivity index (χ3v) is 3.70. The van der Waals surface area contributed by atoms with Crippen LogP contribution in [0.3, 0.4) is 0 Å². The number of carbonyl (C=O) groups excluding carboxylic acids is 1. The maximum absolute atomic E-state index is 11.4. The van der Waals surface area contributed by atoms with Crippen molar-refractivity contribution in [3.63, 3.8) is 0 Å². The minimum absolute atomic E-state index is 0.0180. The van der Waals surface area contributed by atoms with Crippen LogP contribution in [0.15, 0.2) is 25.6 Å². The van der Waals surface area contributed by atoms with Crippen LogP contribution in [0, 0.1) is 0 Å². The molecule has 2 nitrogen and oxygen atoms in total. The Morgan fingerprint density at radius 3 is 2.20 bits per heavy atom. The van der Waals surface area contributed by atoms with Crippen molar-refractivity contribution in [2.45, 2.75) is 6.42 Å². The lowest BCUT2D eigenvalue weighted by Crippen LogP contribution is -2.12. The van der Waals surface area contributed by atoms with Crippen LogP contribution in [0.2, 0.25) is 0 Å². The molecule has 0 aromatic heterocycles. The summed E-state index contributed by atoms with van der Waals surface area (Å²) in [5.74, 6) is -0.0180. The van der Waals surface area contributed by atoms with Crippen molar-refractivity contribution >= 4 is 75.3 Å². The van der Waals surface area contributed by atoms with Crippen molar-refractivity contribution in [1.29, 1.82) is 0 Å². The van der Waals surface area contributed by atoms with Gasteiger partial charge in [-0.3, -0.25) is 4.79 Å². The Labute approximate surface area is 122 Å². The van der Waals surface area contributed by atoms with Gasteiger partial charge in [0.25, 0.3) is 0 Å². The molecule has 1 amide bonds. The summed E-state index contributed by atoms with van der Waals surface area (Å²) in [7, 11) is 0. The molecule has 0 fully saturated rings. The maximum atomic E-state index is 11.4. The highest BCUT2D eigenvalue weighted by Crippen LogP contribution is 2.34. The largest absolute Gasteiger partial charge is 0.324 e. The molecule has 0 aliphatic carbocycles. The Balaban J connectivity index is 2.90. The number of benzene rings is 1. The summed E-state index contributed by atoms with van der Waals surface area (Å²) in [5.41, 5.74) is 0.754. The number of hydrogen-bond donors (Lipinski definition) is 1. The van der Waals surface area contributed by atoms with E-state index in [-0.39, 0.29) is 5.91 Å². The molecule has 1 aromatic carbocycles. The summed E-state index contributed by atoms with van der Waals surface area (Å²) in [6.45, 7) is 0. The van der Waals surface area contributed by atoms with Crippen molar-refractivity contribution < 1.29 is 4.79 Å². The second-order valence-corrected chi connectivity index (χ2v) is 6.15. The predicted molar refractivity (Wildman–Crippen MR) is 76.6 cm³/mol. The molecule has 0 unspecified atom stereocenters. The van der Waals surface area contributed by atoms with Crippen LogP contribution in [0.5, 0.6) is 0 Å². The van der Waals surface area contributed by atoms with Gasteiger partial charge in [0.1, 0.15) is 0 Å². The van der Waals surface area contributed by atoms with Gasteiger partial charge in [0.2, 0.25) is 5.91 Å². The van der Waals surface area contributed by atoms with Crippen molar-refractivity contribution in [2.24, 2.45) is 0 Å². The Morgan fingerprint density at radius 1 is 1.20 bits per heavy atom. The zero-order valence-electron chi connectivity index (χ0n) is 7.49. The van der Waals surface area contributed by atoms with Gasteiger partial charge in [-0.15, -0.1) is 0 Å². The topological polar surface area (TPSA) is 29.1 Å². The number of alkyl halides is 1. The van der Waals surface area contributed by atoms with Gasteiger partial charge < -0.3 is 5.32 Å². The first-order valence-corrected chi connectivity index (χ1v) is 7.55. The predicted octanol–water partition coefficient (Wildman–Crippen LogP) is 4.70. The Bertz CT molecular complexity index is 357. The molecule has 1 rings (SSSR count). The normalized spacial score (nSPS) is 10.1. The molecule has 0 aliphatic rings. The van der Waals surface area contributed by atoms with Crippen LogP contribution in [0.4, 0.5) is 5.69 Å². The van der Waals surface area contributed by atoms with Gasteiger partial charge in [0, 0.05) is 25.2 Å². The zero-order valence-corrected chi connectivity index (χ0v) is 13.8. The first-order valence-electron chi connectivity index (χ1n) is 4.05. The first kappa shape index (κ1) is 13.7. The molecular weight excluding hydrogens is 458 g/mol. The first-order chi connectivity index (χ1) is 7.04. The van der Waals surface area contributed by atoms with Crippen LogP contribution in [-0.4, -0.2) is 11.2 Å². The van der Waals surface area contributed by atoms with Crippen molar-refractivity contribution in [2.75, 3.05) is 10.6 Å². The van der Waals surface area contributed by atoms with Crippen LogP contribution in [0.25, 0.3) is 0 Å². The van der Waals surface area contributed by atoms with Gasteiger partial charge in [-0.25, -0.2) is 0 Å². The smallest absolute Gasteiger partial charge is 0.225 e. The molecule has 0 aliphatic heterocycles. The third-order valence-electron chi connectivity index (χ3n) is 1.59. The lowest BCUT2D eigenvalue weighted by molar-refractivity contribution is -0.115. The molecule has 1 N–H and O–H groups in total. The highest BCUT2D eigenvalue weighted by atomic mass is 79.9. The molecule has 0 radical (unpaired) electrons. The lowest BCUT2D eigenvalue weighted by Gasteiger charge is -2.09. The number of nitrogens with one attached hydrogen (secondary N) is 1. The fraction of sp³-hybridized carbons (Fsp3) is 0.222. The highest BCUT2D eigenvalue weighted by Gasteiger charge is 2.09. The Hall–Kier alpha value is 0.610. The third kappa shape index (κ3) is 4.17. The van der Waals surface area contributed by atoms with E-state index in [9.17, 15) is 4.79 Å². The zero-order chi connectivity index (χ0) is 11.4. The second-order valence-electron chi connectivity index (χ2n) is 2.73. The fourth-order valence-electron chi connectivity index (χ4n) is 0.949. The number of carbonyl (C=O) groups is 1. The number of hydrogen-bond acceptors (Lipinski definition) is 1. The molecule has 0 bridgehead atoms. The number of rotatable bonds is 3. The van der Waals surface area contributed by atoms with E-state index in [0.29, 0.717) is 11.8 Å². The maximum Gasteiger partial charge on any atom is 0.225 e. The molecular formula is C9H7Br4NO. The Kier molecular flexibility index (Phi) is 5.81. The summed E-state index contributed by atoms with van der Waals surface area (Å²) in [6.07, 6.45) is 0.453. The minimum atomic E-state index is -0.0180. The number of amides is 1. The van der Waals surface area contributed by atoms with E-state index in [2.05, 4.69) is 69.0 Å². The number of anilines is 1. The molecule has 0 saturated carbocycles. The van der Waals surface area contributed by atoms with E-state index in [1.807, 2.05) is 12.1 Å². The van der Waals surface area contributed by atoms with Crippen LogP contribution in [-0.2, 0) is 4.79 Å². The molecule has 82 valence electrons. The van der Waals surface area contributed by atoms with Gasteiger partial charge in [-0.2, -0.15) is 0 Å². The lowest BCUT2D eigenvalue weighted by atomic mass is 10.3. The Morgan fingerprint density at radius 2 is 1.73 bits per heavy atom. The summed E-state index contributed by atoms with van der Waals surface area (Å²) in [6, 6.07) is 3.77. The van der Waals surface area contributed by atoms with E-state index in [1.165, 1.54) is 0 Å². The van der Waals surface area contributed by atoms with Crippen LogP contribution in [0.1, 0.15) is 6.42 Å². The summed E-state index contributed by atoms with van der Waals surface area (Å²) in [5, 5.41) is 3.48. The summed E-state index contributed by atoms with van der Waals surface area (Å²) >= 11 is 13.4. The quantitative estimate of drug-likeness (QED) is 0.646. The van der Waals surface area contributed by atoms with Crippen LogP contribution >= 0.6 is 63.7 Å².